The Labute approximate surface area is 110 Å². The second-order valence-corrected chi connectivity index (χ2v) is 5.19. The average molecular weight is 264 g/mol. The minimum absolute atomic E-state index is 0.345. The summed E-state index contributed by atoms with van der Waals surface area (Å²) in [6.07, 6.45) is 0. The van der Waals surface area contributed by atoms with Gasteiger partial charge in [0, 0.05) is 29.9 Å². The summed E-state index contributed by atoms with van der Waals surface area (Å²) >= 11 is 1.38. The van der Waals surface area contributed by atoms with Gasteiger partial charge in [0.15, 0.2) is 0 Å². The van der Waals surface area contributed by atoms with Crippen molar-refractivity contribution in [3.63, 3.8) is 0 Å². The molecule has 1 heterocycles. The van der Waals surface area contributed by atoms with Crippen molar-refractivity contribution in [3.05, 3.63) is 23.1 Å². The Morgan fingerprint density at radius 2 is 2.17 bits per heavy atom. The number of carbonyl (C=O) groups is 1. The summed E-state index contributed by atoms with van der Waals surface area (Å²) in [7, 11) is 3.95. The van der Waals surface area contributed by atoms with Gasteiger partial charge in [-0.1, -0.05) is 0 Å². The van der Waals surface area contributed by atoms with Crippen LogP contribution in [0.15, 0.2) is 18.2 Å². The summed E-state index contributed by atoms with van der Waals surface area (Å²) in [6.45, 7) is 2.14. The van der Waals surface area contributed by atoms with Crippen molar-refractivity contribution in [1.82, 2.24) is 0 Å². The van der Waals surface area contributed by atoms with E-state index in [9.17, 15) is 4.79 Å². The number of rotatable bonds is 3. The molecule has 0 aliphatic carbocycles. The highest BCUT2D eigenvalue weighted by Crippen LogP contribution is 2.36. The number of hydrogen-bond donors (Lipinski definition) is 1. The first-order valence-corrected chi connectivity index (χ1v) is 6.52. The lowest BCUT2D eigenvalue weighted by atomic mass is 10.2. The lowest BCUT2D eigenvalue weighted by Crippen LogP contribution is -2.07. The van der Waals surface area contributed by atoms with E-state index in [0.29, 0.717) is 17.2 Å². The Balaban J connectivity index is 2.52. The monoisotopic (exact) mass is 264 g/mol. The van der Waals surface area contributed by atoms with Crippen molar-refractivity contribution in [1.29, 1.82) is 0 Å². The molecule has 2 N–H and O–H groups in total. The van der Waals surface area contributed by atoms with Crippen molar-refractivity contribution in [3.8, 4) is 0 Å². The van der Waals surface area contributed by atoms with Crippen LogP contribution in [0.3, 0.4) is 0 Å². The van der Waals surface area contributed by atoms with Crippen molar-refractivity contribution >= 4 is 38.8 Å². The molecule has 4 nitrogen and oxygen atoms in total. The minimum atomic E-state index is -0.345. The van der Waals surface area contributed by atoms with E-state index in [4.69, 9.17) is 10.5 Å². The predicted molar refractivity (Wildman–Crippen MR) is 76.5 cm³/mol. The van der Waals surface area contributed by atoms with E-state index < -0.39 is 0 Å². The number of ether oxygens (including phenoxy) is 1. The van der Waals surface area contributed by atoms with Gasteiger partial charge >= 0.3 is 5.97 Å². The second kappa shape index (κ2) is 4.86. The fourth-order valence-electron chi connectivity index (χ4n) is 1.73. The van der Waals surface area contributed by atoms with Gasteiger partial charge in [0.25, 0.3) is 0 Å². The van der Waals surface area contributed by atoms with Crippen molar-refractivity contribution in [2.24, 2.45) is 0 Å². The molecule has 0 radical (unpaired) electrons. The normalized spacial score (nSPS) is 10.6. The molecule has 0 aliphatic heterocycles. The second-order valence-electron chi connectivity index (χ2n) is 4.14. The Bertz CT molecular complexity index is 590. The third-order valence-corrected chi connectivity index (χ3v) is 3.84. The number of nitrogens with zero attached hydrogens (tertiary/aromatic N) is 1. The predicted octanol–water partition coefficient (Wildman–Crippen LogP) is 2.73. The lowest BCUT2D eigenvalue weighted by molar-refractivity contribution is 0.0533. The largest absolute Gasteiger partial charge is 0.462 e. The van der Waals surface area contributed by atoms with Gasteiger partial charge in [-0.05, 0) is 25.1 Å². The highest BCUT2D eigenvalue weighted by molar-refractivity contribution is 7.21. The number of nitrogens with two attached hydrogens (primary N) is 1. The zero-order valence-corrected chi connectivity index (χ0v) is 11.5. The molecule has 0 unspecified atom stereocenters. The molecule has 0 amide bonds. The minimum Gasteiger partial charge on any atom is -0.462 e. The van der Waals surface area contributed by atoms with E-state index in [0.717, 1.165) is 15.8 Å². The highest BCUT2D eigenvalue weighted by Gasteiger charge is 2.17. The van der Waals surface area contributed by atoms with Crippen LogP contribution in [-0.2, 0) is 4.74 Å². The third-order valence-electron chi connectivity index (χ3n) is 2.69. The number of carbonyl (C=O) groups excluding carboxylic acids is 1. The maximum absolute atomic E-state index is 11.8. The number of fused-ring (bicyclic) bond motifs is 1. The molecule has 96 valence electrons. The molecule has 0 spiro atoms. The van der Waals surface area contributed by atoms with Gasteiger partial charge in [0.2, 0.25) is 0 Å². The van der Waals surface area contributed by atoms with Crippen LogP contribution in [0.25, 0.3) is 10.1 Å². The van der Waals surface area contributed by atoms with Crippen LogP contribution in [0.2, 0.25) is 0 Å². The Hall–Kier alpha value is -1.75. The SMILES string of the molecule is CCOC(=O)c1sc2cc(N(C)C)ccc2c1N. The Morgan fingerprint density at radius 3 is 2.78 bits per heavy atom. The van der Waals surface area contributed by atoms with Gasteiger partial charge < -0.3 is 15.4 Å². The summed E-state index contributed by atoms with van der Waals surface area (Å²) < 4.78 is 6.00. The van der Waals surface area contributed by atoms with Crippen LogP contribution in [0, 0.1) is 0 Å². The maximum atomic E-state index is 11.8. The van der Waals surface area contributed by atoms with Gasteiger partial charge in [-0.25, -0.2) is 4.79 Å². The van der Waals surface area contributed by atoms with Gasteiger partial charge in [0.05, 0.1) is 12.3 Å². The van der Waals surface area contributed by atoms with Gasteiger partial charge in [-0.15, -0.1) is 11.3 Å². The molecule has 0 fully saturated rings. The summed E-state index contributed by atoms with van der Waals surface area (Å²) in [6, 6.07) is 5.96. The van der Waals surface area contributed by atoms with E-state index in [2.05, 4.69) is 0 Å². The fourth-order valence-corrected chi connectivity index (χ4v) is 2.78. The standard InChI is InChI=1S/C13H16N2O2S/c1-4-17-13(16)12-11(14)9-6-5-8(15(2)3)7-10(9)18-12/h5-7H,4,14H2,1-3H3. The molecule has 1 aromatic carbocycles. The van der Waals surface area contributed by atoms with Crippen molar-refractivity contribution < 1.29 is 9.53 Å². The van der Waals surface area contributed by atoms with Gasteiger partial charge in [0.1, 0.15) is 4.88 Å². The van der Waals surface area contributed by atoms with Crippen LogP contribution in [0.1, 0.15) is 16.6 Å². The average Bonchev–Trinajstić information content (AvgIpc) is 2.66. The topological polar surface area (TPSA) is 55.6 Å². The summed E-state index contributed by atoms with van der Waals surface area (Å²) in [5.74, 6) is -0.345. The number of hydrogen-bond acceptors (Lipinski definition) is 5. The Kier molecular flexibility index (Phi) is 3.43. The molecule has 1 aromatic heterocycles. The number of esters is 1. The van der Waals surface area contributed by atoms with Crippen LogP contribution in [0.5, 0.6) is 0 Å². The molecule has 18 heavy (non-hydrogen) atoms. The molecule has 2 rings (SSSR count). The summed E-state index contributed by atoms with van der Waals surface area (Å²) in [5.41, 5.74) is 7.59. The van der Waals surface area contributed by atoms with Crippen LogP contribution >= 0.6 is 11.3 Å². The first-order chi connectivity index (χ1) is 8.54. The number of nitrogen functional groups attached to an aromatic ring is 1. The molecule has 5 heteroatoms. The summed E-state index contributed by atoms with van der Waals surface area (Å²) in [4.78, 5) is 14.3. The smallest absolute Gasteiger partial charge is 0.350 e. The van der Waals surface area contributed by atoms with E-state index in [-0.39, 0.29) is 5.97 Å². The van der Waals surface area contributed by atoms with Gasteiger partial charge in [-0.2, -0.15) is 0 Å². The first-order valence-electron chi connectivity index (χ1n) is 5.71. The molecule has 0 bridgehead atoms. The van der Waals surface area contributed by atoms with Crippen LogP contribution in [-0.4, -0.2) is 26.7 Å². The molecule has 0 atom stereocenters. The highest BCUT2D eigenvalue weighted by atomic mass is 32.1. The molecular weight excluding hydrogens is 248 g/mol. The van der Waals surface area contributed by atoms with Crippen LogP contribution < -0.4 is 10.6 Å². The maximum Gasteiger partial charge on any atom is 0.350 e. The summed E-state index contributed by atoms with van der Waals surface area (Å²) in [5, 5.41) is 0.911. The van der Waals surface area contributed by atoms with Crippen molar-refractivity contribution in [2.45, 2.75) is 6.92 Å². The molecule has 0 saturated carbocycles. The third kappa shape index (κ3) is 2.13. The molecule has 0 saturated heterocycles. The van der Waals surface area contributed by atoms with Crippen LogP contribution in [0.4, 0.5) is 11.4 Å². The van der Waals surface area contributed by atoms with E-state index >= 15 is 0 Å². The number of anilines is 2. The van der Waals surface area contributed by atoms with E-state index in [1.165, 1.54) is 11.3 Å². The van der Waals surface area contributed by atoms with E-state index in [1.54, 1.807) is 6.92 Å². The fraction of sp³-hybridized carbons (Fsp3) is 0.308. The molecular formula is C13H16N2O2S. The lowest BCUT2D eigenvalue weighted by Gasteiger charge is -2.11. The zero-order valence-electron chi connectivity index (χ0n) is 10.7. The van der Waals surface area contributed by atoms with Gasteiger partial charge in [-0.3, -0.25) is 0 Å². The first kappa shape index (κ1) is 12.7. The van der Waals surface area contributed by atoms with E-state index in [1.807, 2.05) is 37.2 Å². The van der Waals surface area contributed by atoms with Crippen molar-refractivity contribution in [2.75, 3.05) is 31.3 Å². The molecule has 2 aromatic rings. The molecule has 0 aliphatic rings. The zero-order chi connectivity index (χ0) is 13.3. The number of thiophene rings is 1. The number of benzene rings is 1. The Morgan fingerprint density at radius 1 is 1.44 bits per heavy atom. The quantitative estimate of drug-likeness (QED) is 0.866.